The highest BCUT2D eigenvalue weighted by atomic mass is 79.9. The van der Waals surface area contributed by atoms with Crippen molar-refractivity contribution >= 4 is 38.6 Å². The molecule has 0 spiro atoms. The summed E-state index contributed by atoms with van der Waals surface area (Å²) in [5, 5.41) is 11.9. The number of aromatic nitrogens is 2. The van der Waals surface area contributed by atoms with E-state index in [1.54, 1.807) is 25.0 Å². The van der Waals surface area contributed by atoms with Crippen molar-refractivity contribution in [2.24, 2.45) is 0 Å². The summed E-state index contributed by atoms with van der Waals surface area (Å²) in [6.07, 6.45) is 1.05. The number of hydrogen-bond acceptors (Lipinski definition) is 4. The quantitative estimate of drug-likeness (QED) is 0.693. The first-order valence-electron chi connectivity index (χ1n) is 6.50. The zero-order valence-corrected chi connectivity index (χ0v) is 13.7. The number of fused-ring (bicyclic) bond motifs is 1. The van der Waals surface area contributed by atoms with Crippen LogP contribution in [0.4, 0.5) is 0 Å². The summed E-state index contributed by atoms with van der Waals surface area (Å²) in [5.41, 5.74) is 1.81. The Morgan fingerprint density at radius 3 is 2.76 bits per heavy atom. The Kier molecular flexibility index (Phi) is 4.24. The van der Waals surface area contributed by atoms with Crippen LogP contribution in [0.3, 0.4) is 0 Å². The molecule has 1 aromatic heterocycles. The van der Waals surface area contributed by atoms with E-state index >= 15 is 0 Å². The van der Waals surface area contributed by atoms with Crippen molar-refractivity contribution in [3.8, 4) is 0 Å². The van der Waals surface area contributed by atoms with Crippen molar-refractivity contribution < 1.29 is 5.11 Å². The minimum atomic E-state index is -0.530. The number of aliphatic hydroxyl groups excluding tert-OH is 1. The van der Waals surface area contributed by atoms with Gasteiger partial charge in [0, 0.05) is 14.8 Å². The third-order valence-corrected chi connectivity index (χ3v) is 4.74. The maximum atomic E-state index is 9.95. The molecule has 0 aliphatic rings. The van der Waals surface area contributed by atoms with Gasteiger partial charge in [-0.2, -0.15) is 0 Å². The van der Waals surface area contributed by atoms with E-state index in [2.05, 4.69) is 25.9 Å². The Balaban J connectivity index is 2.07. The largest absolute Gasteiger partial charge is 0.389 e. The molecule has 0 bridgehead atoms. The monoisotopic (exact) mass is 360 g/mol. The molecule has 2 aromatic carbocycles. The van der Waals surface area contributed by atoms with E-state index in [9.17, 15) is 5.11 Å². The number of nitrogens with zero attached hydrogens (tertiary/aromatic N) is 2. The van der Waals surface area contributed by atoms with Crippen LogP contribution in [-0.4, -0.2) is 15.1 Å². The second-order valence-electron chi connectivity index (χ2n) is 4.66. The molecular weight excluding hydrogens is 348 g/mol. The highest BCUT2D eigenvalue weighted by Gasteiger charge is 2.12. The predicted molar refractivity (Wildman–Crippen MR) is 88.4 cm³/mol. The lowest BCUT2D eigenvalue weighted by molar-refractivity contribution is 0.196. The molecule has 1 atom stereocenters. The van der Waals surface area contributed by atoms with Crippen LogP contribution in [0.2, 0.25) is 0 Å². The number of para-hydroxylation sites is 1. The molecule has 5 heteroatoms. The Bertz CT molecular complexity index is 787. The Hall–Kier alpha value is -1.43. The predicted octanol–water partition coefficient (Wildman–Crippen LogP) is 4.60. The van der Waals surface area contributed by atoms with Crippen LogP contribution < -0.4 is 0 Å². The van der Waals surface area contributed by atoms with Crippen molar-refractivity contribution in [1.29, 1.82) is 0 Å². The van der Waals surface area contributed by atoms with Crippen LogP contribution in [0.25, 0.3) is 10.9 Å². The summed E-state index contributed by atoms with van der Waals surface area (Å²) >= 11 is 4.99. The minimum Gasteiger partial charge on any atom is -0.389 e. The SMILES string of the molecule is CC(O)c1cc(Br)ccc1Sc1ncnc2ccccc12. The average Bonchev–Trinajstić information content (AvgIpc) is 2.49. The van der Waals surface area contributed by atoms with Crippen LogP contribution in [0.1, 0.15) is 18.6 Å². The molecule has 0 radical (unpaired) electrons. The molecule has 0 aliphatic heterocycles. The summed E-state index contributed by atoms with van der Waals surface area (Å²) in [4.78, 5) is 9.65. The summed E-state index contributed by atoms with van der Waals surface area (Å²) in [7, 11) is 0. The summed E-state index contributed by atoms with van der Waals surface area (Å²) < 4.78 is 0.954. The average molecular weight is 361 g/mol. The standard InChI is InChI=1S/C16H13BrN2OS/c1-10(20)13-8-11(17)6-7-15(13)21-16-12-4-2-3-5-14(12)18-9-19-16/h2-10,20H,1H3. The molecule has 3 rings (SSSR count). The topological polar surface area (TPSA) is 46.0 Å². The maximum Gasteiger partial charge on any atom is 0.117 e. The molecule has 106 valence electrons. The van der Waals surface area contributed by atoms with Gasteiger partial charge in [-0.3, -0.25) is 0 Å². The fraction of sp³-hybridized carbons (Fsp3) is 0.125. The van der Waals surface area contributed by atoms with Gasteiger partial charge in [-0.05, 0) is 36.8 Å². The molecule has 1 N–H and O–H groups in total. The molecule has 21 heavy (non-hydrogen) atoms. The van der Waals surface area contributed by atoms with Crippen LogP contribution in [0.15, 0.2) is 63.2 Å². The first-order chi connectivity index (χ1) is 10.1. The first-order valence-corrected chi connectivity index (χ1v) is 8.11. The zero-order valence-electron chi connectivity index (χ0n) is 11.3. The van der Waals surface area contributed by atoms with Gasteiger partial charge in [0.05, 0.1) is 11.6 Å². The molecule has 0 saturated heterocycles. The fourth-order valence-electron chi connectivity index (χ4n) is 2.10. The molecule has 3 aromatic rings. The lowest BCUT2D eigenvalue weighted by atomic mass is 10.1. The van der Waals surface area contributed by atoms with Crippen molar-refractivity contribution in [2.45, 2.75) is 22.9 Å². The molecule has 0 saturated carbocycles. The van der Waals surface area contributed by atoms with Gasteiger partial charge in [-0.1, -0.05) is 45.9 Å². The highest BCUT2D eigenvalue weighted by molar-refractivity contribution is 9.10. The third-order valence-electron chi connectivity index (χ3n) is 3.13. The molecule has 0 aliphatic carbocycles. The van der Waals surface area contributed by atoms with Gasteiger partial charge in [0.2, 0.25) is 0 Å². The van der Waals surface area contributed by atoms with Gasteiger partial charge >= 0.3 is 0 Å². The van der Waals surface area contributed by atoms with E-state index in [-0.39, 0.29) is 0 Å². The van der Waals surface area contributed by atoms with E-state index in [0.717, 1.165) is 30.9 Å². The number of benzene rings is 2. The fourth-order valence-corrected chi connectivity index (χ4v) is 3.56. The molecular formula is C16H13BrN2OS. The first kappa shape index (κ1) is 14.5. The number of halogens is 1. The van der Waals surface area contributed by atoms with Crippen LogP contribution in [-0.2, 0) is 0 Å². The second-order valence-corrected chi connectivity index (χ2v) is 6.60. The van der Waals surface area contributed by atoms with Gasteiger partial charge in [-0.25, -0.2) is 9.97 Å². The van der Waals surface area contributed by atoms with Crippen molar-refractivity contribution in [3.63, 3.8) is 0 Å². The molecule has 0 fully saturated rings. The molecule has 1 heterocycles. The highest BCUT2D eigenvalue weighted by Crippen LogP contribution is 2.36. The normalized spacial score (nSPS) is 12.5. The van der Waals surface area contributed by atoms with Gasteiger partial charge < -0.3 is 5.11 Å². The van der Waals surface area contributed by atoms with Crippen molar-refractivity contribution in [1.82, 2.24) is 9.97 Å². The lowest BCUT2D eigenvalue weighted by Crippen LogP contribution is -1.95. The van der Waals surface area contributed by atoms with E-state index < -0.39 is 6.10 Å². The Morgan fingerprint density at radius 1 is 1.14 bits per heavy atom. The molecule has 0 amide bonds. The number of aliphatic hydroxyl groups is 1. The second kappa shape index (κ2) is 6.13. The maximum absolute atomic E-state index is 9.95. The van der Waals surface area contributed by atoms with E-state index in [4.69, 9.17) is 0 Å². The van der Waals surface area contributed by atoms with Gasteiger partial charge in [0.25, 0.3) is 0 Å². The van der Waals surface area contributed by atoms with E-state index in [1.807, 2.05) is 42.5 Å². The smallest absolute Gasteiger partial charge is 0.117 e. The summed E-state index contributed by atoms with van der Waals surface area (Å²) in [5.74, 6) is 0. The van der Waals surface area contributed by atoms with Gasteiger partial charge in [0.1, 0.15) is 11.4 Å². The molecule has 1 unspecified atom stereocenters. The summed E-state index contributed by atoms with van der Waals surface area (Å²) in [6, 6.07) is 13.8. The Morgan fingerprint density at radius 2 is 1.95 bits per heavy atom. The minimum absolute atomic E-state index is 0.530. The van der Waals surface area contributed by atoms with Crippen LogP contribution >= 0.6 is 27.7 Å². The van der Waals surface area contributed by atoms with Crippen LogP contribution in [0, 0.1) is 0 Å². The zero-order chi connectivity index (χ0) is 14.8. The van der Waals surface area contributed by atoms with Crippen molar-refractivity contribution in [2.75, 3.05) is 0 Å². The van der Waals surface area contributed by atoms with E-state index in [0.29, 0.717) is 0 Å². The number of hydrogen-bond donors (Lipinski definition) is 1. The summed E-state index contributed by atoms with van der Waals surface area (Å²) in [6.45, 7) is 1.77. The van der Waals surface area contributed by atoms with E-state index in [1.165, 1.54) is 0 Å². The van der Waals surface area contributed by atoms with Gasteiger partial charge in [0.15, 0.2) is 0 Å². The van der Waals surface area contributed by atoms with Crippen LogP contribution in [0.5, 0.6) is 0 Å². The number of rotatable bonds is 3. The lowest BCUT2D eigenvalue weighted by Gasteiger charge is -2.12. The van der Waals surface area contributed by atoms with Gasteiger partial charge in [-0.15, -0.1) is 0 Å². The molecule has 3 nitrogen and oxygen atoms in total. The Labute approximate surface area is 135 Å². The third kappa shape index (κ3) is 3.10. The van der Waals surface area contributed by atoms with Crippen molar-refractivity contribution in [3.05, 3.63) is 58.8 Å².